The first-order chi connectivity index (χ1) is 8.00. The van der Waals surface area contributed by atoms with Crippen LogP contribution in [0.25, 0.3) is 0 Å². The van der Waals surface area contributed by atoms with Gasteiger partial charge in [0.25, 0.3) is 0 Å². The number of phenolic OH excluding ortho intramolecular Hbond substituents is 1. The van der Waals surface area contributed by atoms with E-state index in [4.69, 9.17) is 9.47 Å². The molecular weight excluding hydrogens is 218 g/mol. The maximum Gasteiger partial charge on any atom is 0.162 e. The number of methoxy groups -OCH3 is 2. The second kappa shape index (κ2) is 5.89. The van der Waals surface area contributed by atoms with Crippen molar-refractivity contribution >= 4 is 0 Å². The average molecular weight is 239 g/mol. The summed E-state index contributed by atoms with van der Waals surface area (Å²) in [6, 6.07) is 5.46. The number of para-hydroxylation sites is 1. The second-order valence-corrected chi connectivity index (χ2v) is 4.64. The Labute approximate surface area is 103 Å². The Hall–Kier alpha value is -1.26. The Morgan fingerprint density at radius 2 is 2.00 bits per heavy atom. The van der Waals surface area contributed by atoms with Crippen LogP contribution in [0.2, 0.25) is 0 Å². The third-order valence-electron chi connectivity index (χ3n) is 2.57. The topological polar surface area (TPSA) is 50.7 Å². The molecule has 0 saturated carbocycles. The normalized spacial score (nSPS) is 11.5. The number of benzene rings is 1. The van der Waals surface area contributed by atoms with Crippen LogP contribution in [0, 0.1) is 0 Å². The molecule has 0 radical (unpaired) electrons. The molecule has 0 aliphatic heterocycles. The van der Waals surface area contributed by atoms with Crippen LogP contribution in [-0.2, 0) is 11.3 Å². The van der Waals surface area contributed by atoms with Crippen LogP contribution in [0.5, 0.6) is 11.5 Å². The highest BCUT2D eigenvalue weighted by Crippen LogP contribution is 2.29. The summed E-state index contributed by atoms with van der Waals surface area (Å²) >= 11 is 0. The van der Waals surface area contributed by atoms with Crippen LogP contribution in [0.4, 0.5) is 0 Å². The summed E-state index contributed by atoms with van der Waals surface area (Å²) in [6.45, 7) is 5.28. The first-order valence-corrected chi connectivity index (χ1v) is 5.59. The minimum atomic E-state index is -0.135. The van der Waals surface area contributed by atoms with E-state index >= 15 is 0 Å². The van der Waals surface area contributed by atoms with Crippen molar-refractivity contribution in [2.45, 2.75) is 25.9 Å². The van der Waals surface area contributed by atoms with Crippen LogP contribution >= 0.6 is 0 Å². The summed E-state index contributed by atoms with van der Waals surface area (Å²) in [5.74, 6) is 0.685. The van der Waals surface area contributed by atoms with Crippen LogP contribution < -0.4 is 10.1 Å². The maximum atomic E-state index is 9.92. The van der Waals surface area contributed by atoms with Crippen molar-refractivity contribution in [2.24, 2.45) is 0 Å². The fraction of sp³-hybridized carbons (Fsp3) is 0.538. The van der Waals surface area contributed by atoms with E-state index in [2.05, 4.69) is 5.32 Å². The van der Waals surface area contributed by atoms with Crippen molar-refractivity contribution in [3.8, 4) is 11.5 Å². The molecule has 0 fully saturated rings. The molecule has 0 amide bonds. The number of hydrogen-bond donors (Lipinski definition) is 2. The number of nitrogens with one attached hydrogen (secondary N) is 1. The molecule has 0 atom stereocenters. The third kappa shape index (κ3) is 3.91. The maximum absolute atomic E-state index is 9.92. The fourth-order valence-corrected chi connectivity index (χ4v) is 1.62. The van der Waals surface area contributed by atoms with Crippen LogP contribution in [0.1, 0.15) is 19.4 Å². The van der Waals surface area contributed by atoms with Gasteiger partial charge in [0.1, 0.15) is 0 Å². The van der Waals surface area contributed by atoms with Gasteiger partial charge in [-0.05, 0) is 19.9 Å². The first-order valence-electron chi connectivity index (χ1n) is 5.59. The van der Waals surface area contributed by atoms with E-state index in [9.17, 15) is 5.11 Å². The van der Waals surface area contributed by atoms with Crippen LogP contribution in [0.3, 0.4) is 0 Å². The van der Waals surface area contributed by atoms with Gasteiger partial charge in [0.15, 0.2) is 11.5 Å². The van der Waals surface area contributed by atoms with Crippen molar-refractivity contribution in [3.63, 3.8) is 0 Å². The van der Waals surface area contributed by atoms with Gasteiger partial charge < -0.3 is 19.9 Å². The molecule has 0 bridgehead atoms. The van der Waals surface area contributed by atoms with E-state index in [1.54, 1.807) is 20.3 Å². The molecule has 2 N–H and O–H groups in total. The monoisotopic (exact) mass is 239 g/mol. The Bertz CT molecular complexity index is 364. The highest BCUT2D eigenvalue weighted by atomic mass is 16.5. The molecule has 0 aromatic heterocycles. The predicted molar refractivity (Wildman–Crippen MR) is 67.5 cm³/mol. The fourth-order valence-electron chi connectivity index (χ4n) is 1.62. The molecule has 96 valence electrons. The molecular formula is C13H21NO3. The second-order valence-electron chi connectivity index (χ2n) is 4.64. The zero-order valence-electron chi connectivity index (χ0n) is 10.9. The van der Waals surface area contributed by atoms with Gasteiger partial charge in [0, 0.05) is 24.8 Å². The van der Waals surface area contributed by atoms with Gasteiger partial charge in [-0.3, -0.25) is 0 Å². The zero-order valence-corrected chi connectivity index (χ0v) is 10.9. The Morgan fingerprint density at radius 1 is 1.29 bits per heavy atom. The van der Waals surface area contributed by atoms with E-state index < -0.39 is 0 Å². The van der Waals surface area contributed by atoms with E-state index in [-0.39, 0.29) is 11.3 Å². The number of rotatable bonds is 6. The van der Waals surface area contributed by atoms with Gasteiger partial charge in [-0.25, -0.2) is 0 Å². The lowest BCUT2D eigenvalue weighted by molar-refractivity contribution is 0.127. The lowest BCUT2D eigenvalue weighted by Gasteiger charge is -2.25. The SMILES string of the molecule is COCC(C)(C)NCc1cccc(OC)c1O. The predicted octanol–water partition coefficient (Wildman–Crippen LogP) is 1.92. The Morgan fingerprint density at radius 3 is 2.59 bits per heavy atom. The lowest BCUT2D eigenvalue weighted by Crippen LogP contribution is -2.42. The molecule has 0 saturated heterocycles. The minimum absolute atomic E-state index is 0.135. The van der Waals surface area contributed by atoms with Crippen molar-refractivity contribution in [3.05, 3.63) is 23.8 Å². The third-order valence-corrected chi connectivity index (χ3v) is 2.57. The smallest absolute Gasteiger partial charge is 0.162 e. The van der Waals surface area contributed by atoms with Crippen molar-refractivity contribution < 1.29 is 14.6 Å². The molecule has 0 aliphatic rings. The molecule has 1 rings (SSSR count). The summed E-state index contributed by atoms with van der Waals surface area (Å²) < 4.78 is 10.2. The molecule has 4 nitrogen and oxygen atoms in total. The zero-order chi connectivity index (χ0) is 12.9. The molecule has 0 aliphatic carbocycles. The Kier molecular flexibility index (Phi) is 4.78. The van der Waals surface area contributed by atoms with E-state index in [1.165, 1.54) is 0 Å². The number of phenols is 1. The minimum Gasteiger partial charge on any atom is -0.504 e. The standard InChI is InChI=1S/C13H21NO3/c1-13(2,9-16-3)14-8-10-6-5-7-11(17-4)12(10)15/h5-7,14-15H,8-9H2,1-4H3. The molecule has 0 heterocycles. The van der Waals surface area contributed by atoms with E-state index in [0.717, 1.165) is 5.56 Å². The number of ether oxygens (including phenoxy) is 2. The highest BCUT2D eigenvalue weighted by Gasteiger charge is 2.17. The summed E-state index contributed by atoms with van der Waals surface area (Å²) in [6.07, 6.45) is 0. The van der Waals surface area contributed by atoms with Crippen molar-refractivity contribution in [1.82, 2.24) is 5.32 Å². The summed E-state index contributed by atoms with van der Waals surface area (Å²) in [4.78, 5) is 0. The molecule has 1 aromatic rings. The van der Waals surface area contributed by atoms with Crippen LogP contribution in [-0.4, -0.2) is 31.5 Å². The van der Waals surface area contributed by atoms with Gasteiger partial charge in [-0.2, -0.15) is 0 Å². The summed E-state index contributed by atoms with van der Waals surface area (Å²) in [7, 11) is 3.22. The molecule has 4 heteroatoms. The van der Waals surface area contributed by atoms with Gasteiger partial charge in [0.05, 0.1) is 13.7 Å². The quantitative estimate of drug-likeness (QED) is 0.796. The highest BCUT2D eigenvalue weighted by molar-refractivity contribution is 5.45. The summed E-state index contributed by atoms with van der Waals surface area (Å²) in [5, 5.41) is 13.2. The van der Waals surface area contributed by atoms with Crippen LogP contribution in [0.15, 0.2) is 18.2 Å². The van der Waals surface area contributed by atoms with Gasteiger partial charge in [0.2, 0.25) is 0 Å². The van der Waals surface area contributed by atoms with Gasteiger partial charge in [-0.15, -0.1) is 0 Å². The van der Waals surface area contributed by atoms with E-state index in [1.807, 2.05) is 26.0 Å². The van der Waals surface area contributed by atoms with E-state index in [0.29, 0.717) is 18.9 Å². The lowest BCUT2D eigenvalue weighted by atomic mass is 10.1. The molecule has 0 unspecified atom stereocenters. The molecule has 17 heavy (non-hydrogen) atoms. The first kappa shape index (κ1) is 13.8. The molecule has 0 spiro atoms. The summed E-state index contributed by atoms with van der Waals surface area (Å²) in [5.41, 5.74) is 0.679. The number of hydrogen-bond acceptors (Lipinski definition) is 4. The average Bonchev–Trinajstić information content (AvgIpc) is 2.28. The van der Waals surface area contributed by atoms with Gasteiger partial charge >= 0.3 is 0 Å². The number of aromatic hydroxyl groups is 1. The van der Waals surface area contributed by atoms with Crippen molar-refractivity contribution in [1.29, 1.82) is 0 Å². The van der Waals surface area contributed by atoms with Crippen molar-refractivity contribution in [2.75, 3.05) is 20.8 Å². The molecule has 1 aromatic carbocycles. The largest absolute Gasteiger partial charge is 0.504 e. The van der Waals surface area contributed by atoms with Gasteiger partial charge in [-0.1, -0.05) is 12.1 Å². The Balaban J connectivity index is 2.69.